The fourth-order valence-corrected chi connectivity index (χ4v) is 2.03. The van der Waals surface area contributed by atoms with Crippen molar-refractivity contribution in [2.24, 2.45) is 0 Å². The minimum Gasteiger partial charge on any atom is -0.494 e. The fourth-order valence-electron chi connectivity index (χ4n) is 1.65. The molecule has 100 valence electrons. The smallest absolute Gasteiger partial charge is 0.165 e. The third-order valence-electron chi connectivity index (χ3n) is 2.64. The molecule has 2 aromatic carbocycles. The maximum absolute atomic E-state index is 13.2. The van der Waals surface area contributed by atoms with Gasteiger partial charge in [0, 0.05) is 22.8 Å². The molecule has 5 heteroatoms. The van der Waals surface area contributed by atoms with Crippen molar-refractivity contribution in [3.63, 3.8) is 0 Å². The summed E-state index contributed by atoms with van der Waals surface area (Å²) >= 11 is 3.35. The average molecular weight is 328 g/mol. The molecule has 2 aromatic rings. The van der Waals surface area contributed by atoms with Gasteiger partial charge in [0.1, 0.15) is 5.82 Å². The summed E-state index contributed by atoms with van der Waals surface area (Å²) in [5.74, 6) is -0.542. The Morgan fingerprint density at radius 2 is 1.95 bits per heavy atom. The lowest BCUT2D eigenvalue weighted by atomic mass is 10.2. The van der Waals surface area contributed by atoms with Gasteiger partial charge in [-0.1, -0.05) is 15.9 Å². The Labute approximate surface area is 118 Å². The summed E-state index contributed by atoms with van der Waals surface area (Å²) in [5, 5.41) is 3.09. The van der Waals surface area contributed by atoms with Crippen LogP contribution >= 0.6 is 15.9 Å². The second-order valence-electron chi connectivity index (χ2n) is 3.94. The first-order valence-corrected chi connectivity index (χ1v) is 6.41. The number of rotatable bonds is 4. The van der Waals surface area contributed by atoms with E-state index in [0.717, 1.165) is 10.0 Å². The standard InChI is InChI=1S/C14H12BrF2NO/c1-19-14-7-11(3-5-13(14)17)18-8-9-6-10(16)2-4-12(9)15/h2-7,18H,8H2,1H3. The number of nitrogens with one attached hydrogen (secondary N) is 1. The van der Waals surface area contributed by atoms with Crippen molar-refractivity contribution >= 4 is 21.6 Å². The van der Waals surface area contributed by atoms with E-state index in [1.54, 1.807) is 18.2 Å². The maximum Gasteiger partial charge on any atom is 0.165 e. The average Bonchev–Trinajstić information content (AvgIpc) is 2.41. The summed E-state index contributed by atoms with van der Waals surface area (Å²) in [6, 6.07) is 8.96. The number of anilines is 1. The molecule has 2 nitrogen and oxygen atoms in total. The predicted molar refractivity (Wildman–Crippen MR) is 74.4 cm³/mol. The number of methoxy groups -OCH3 is 1. The van der Waals surface area contributed by atoms with Crippen LogP contribution in [0.3, 0.4) is 0 Å². The molecule has 0 atom stereocenters. The molecule has 0 aliphatic carbocycles. The minimum absolute atomic E-state index is 0.170. The van der Waals surface area contributed by atoms with E-state index in [0.29, 0.717) is 12.2 Å². The zero-order valence-corrected chi connectivity index (χ0v) is 11.8. The van der Waals surface area contributed by atoms with Crippen molar-refractivity contribution in [3.8, 4) is 5.75 Å². The van der Waals surface area contributed by atoms with Gasteiger partial charge in [0.05, 0.1) is 7.11 Å². The van der Waals surface area contributed by atoms with E-state index < -0.39 is 5.82 Å². The van der Waals surface area contributed by atoms with Gasteiger partial charge in [-0.05, 0) is 35.9 Å². The summed E-state index contributed by atoms with van der Waals surface area (Å²) in [6.07, 6.45) is 0. The van der Waals surface area contributed by atoms with E-state index in [-0.39, 0.29) is 11.6 Å². The normalized spacial score (nSPS) is 10.3. The molecule has 0 heterocycles. The number of hydrogen-bond acceptors (Lipinski definition) is 2. The molecule has 0 saturated carbocycles. The Bertz CT molecular complexity index is 590. The molecule has 0 unspecified atom stereocenters. The van der Waals surface area contributed by atoms with Gasteiger partial charge in [0.25, 0.3) is 0 Å². The molecule has 0 aliphatic heterocycles. The van der Waals surface area contributed by atoms with Crippen LogP contribution in [0.5, 0.6) is 5.75 Å². The first-order valence-electron chi connectivity index (χ1n) is 5.61. The van der Waals surface area contributed by atoms with E-state index in [1.807, 2.05) is 0 Å². The molecule has 0 saturated heterocycles. The molecule has 19 heavy (non-hydrogen) atoms. The second kappa shape index (κ2) is 6.02. The molecule has 2 rings (SSSR count). The predicted octanol–water partition coefficient (Wildman–Crippen LogP) is 4.35. The summed E-state index contributed by atoms with van der Waals surface area (Å²) in [5.41, 5.74) is 1.48. The van der Waals surface area contributed by atoms with Crippen molar-refractivity contribution in [1.82, 2.24) is 0 Å². The third-order valence-corrected chi connectivity index (χ3v) is 3.42. The van der Waals surface area contributed by atoms with Crippen LogP contribution in [0.1, 0.15) is 5.56 Å². The van der Waals surface area contributed by atoms with Gasteiger partial charge in [-0.2, -0.15) is 0 Å². The highest BCUT2D eigenvalue weighted by molar-refractivity contribution is 9.10. The quantitative estimate of drug-likeness (QED) is 0.901. The van der Waals surface area contributed by atoms with Crippen LogP contribution in [-0.4, -0.2) is 7.11 Å². The van der Waals surface area contributed by atoms with Crippen molar-refractivity contribution in [2.45, 2.75) is 6.54 Å². The highest BCUT2D eigenvalue weighted by Crippen LogP contribution is 2.23. The van der Waals surface area contributed by atoms with Crippen molar-refractivity contribution in [3.05, 3.63) is 58.1 Å². The van der Waals surface area contributed by atoms with Crippen LogP contribution in [0.15, 0.2) is 40.9 Å². The van der Waals surface area contributed by atoms with Gasteiger partial charge >= 0.3 is 0 Å². The highest BCUT2D eigenvalue weighted by Gasteiger charge is 2.05. The molecule has 1 N–H and O–H groups in total. The van der Waals surface area contributed by atoms with Gasteiger partial charge < -0.3 is 10.1 Å². The lowest BCUT2D eigenvalue weighted by Gasteiger charge is -2.10. The molecule has 0 aromatic heterocycles. The molecule has 0 amide bonds. The van der Waals surface area contributed by atoms with Gasteiger partial charge in [-0.3, -0.25) is 0 Å². The molecular weight excluding hydrogens is 316 g/mol. The Morgan fingerprint density at radius 1 is 1.16 bits per heavy atom. The number of halogens is 3. The number of benzene rings is 2. The highest BCUT2D eigenvalue weighted by atomic mass is 79.9. The van der Waals surface area contributed by atoms with Crippen molar-refractivity contribution < 1.29 is 13.5 Å². The van der Waals surface area contributed by atoms with E-state index in [9.17, 15) is 8.78 Å². The summed E-state index contributed by atoms with van der Waals surface area (Å²) in [7, 11) is 1.41. The SMILES string of the molecule is COc1cc(NCc2cc(F)ccc2Br)ccc1F. The van der Waals surface area contributed by atoms with Crippen LogP contribution in [0.25, 0.3) is 0 Å². The molecule has 0 bridgehead atoms. The van der Waals surface area contributed by atoms with Crippen LogP contribution in [0.4, 0.5) is 14.5 Å². The van der Waals surface area contributed by atoms with Crippen LogP contribution in [0, 0.1) is 11.6 Å². The molecular formula is C14H12BrF2NO. The van der Waals surface area contributed by atoms with Crippen LogP contribution in [-0.2, 0) is 6.54 Å². The van der Waals surface area contributed by atoms with Gasteiger partial charge in [-0.15, -0.1) is 0 Å². The minimum atomic E-state index is -0.417. The summed E-state index contributed by atoms with van der Waals surface area (Å²) in [6.45, 7) is 0.424. The summed E-state index contributed by atoms with van der Waals surface area (Å²) < 4.78 is 32.1. The lowest BCUT2D eigenvalue weighted by molar-refractivity contribution is 0.387. The van der Waals surface area contributed by atoms with E-state index >= 15 is 0 Å². The number of hydrogen-bond donors (Lipinski definition) is 1. The molecule has 0 radical (unpaired) electrons. The van der Waals surface area contributed by atoms with Crippen molar-refractivity contribution in [2.75, 3.05) is 12.4 Å². The van der Waals surface area contributed by atoms with Gasteiger partial charge in [0.15, 0.2) is 11.6 Å². The summed E-state index contributed by atoms with van der Waals surface area (Å²) in [4.78, 5) is 0. The number of ether oxygens (including phenoxy) is 1. The van der Waals surface area contributed by atoms with Crippen LogP contribution < -0.4 is 10.1 Å². The second-order valence-corrected chi connectivity index (χ2v) is 4.79. The van der Waals surface area contributed by atoms with Gasteiger partial charge in [0.2, 0.25) is 0 Å². The molecule has 0 aliphatic rings. The lowest BCUT2D eigenvalue weighted by Crippen LogP contribution is -2.01. The fraction of sp³-hybridized carbons (Fsp3) is 0.143. The Hall–Kier alpha value is -1.62. The molecule has 0 fully saturated rings. The first-order chi connectivity index (χ1) is 9.10. The Morgan fingerprint density at radius 3 is 2.68 bits per heavy atom. The first kappa shape index (κ1) is 13.8. The molecule has 0 spiro atoms. The Balaban J connectivity index is 2.12. The zero-order valence-electron chi connectivity index (χ0n) is 10.2. The monoisotopic (exact) mass is 327 g/mol. The van der Waals surface area contributed by atoms with E-state index in [2.05, 4.69) is 21.2 Å². The van der Waals surface area contributed by atoms with E-state index in [4.69, 9.17) is 4.74 Å². The maximum atomic E-state index is 13.2. The largest absolute Gasteiger partial charge is 0.494 e. The third kappa shape index (κ3) is 3.44. The van der Waals surface area contributed by atoms with E-state index in [1.165, 1.54) is 25.3 Å². The Kier molecular flexibility index (Phi) is 4.37. The van der Waals surface area contributed by atoms with Crippen molar-refractivity contribution in [1.29, 1.82) is 0 Å². The van der Waals surface area contributed by atoms with Crippen LogP contribution in [0.2, 0.25) is 0 Å². The zero-order chi connectivity index (χ0) is 13.8. The van der Waals surface area contributed by atoms with Gasteiger partial charge in [-0.25, -0.2) is 8.78 Å². The topological polar surface area (TPSA) is 21.3 Å².